The Morgan fingerprint density at radius 2 is 1.90 bits per heavy atom. The lowest BCUT2D eigenvalue weighted by Crippen LogP contribution is -2.37. The first kappa shape index (κ1) is 21.1. The van der Waals surface area contributed by atoms with Gasteiger partial charge in [0.05, 0.1) is 30.3 Å². The molecule has 1 N–H and O–H groups in total. The highest BCUT2D eigenvalue weighted by molar-refractivity contribution is 9.10. The van der Waals surface area contributed by atoms with E-state index in [0.29, 0.717) is 24.1 Å². The fraction of sp³-hybridized carbons (Fsp3) is 0.500. The van der Waals surface area contributed by atoms with E-state index in [4.69, 9.17) is 4.74 Å². The number of aromatic nitrogens is 4. The van der Waals surface area contributed by atoms with Gasteiger partial charge in [-0.1, -0.05) is 19.3 Å². The molecule has 0 radical (unpaired) electrons. The first-order valence-corrected chi connectivity index (χ1v) is 11.4. The second-order valence-corrected chi connectivity index (χ2v) is 8.87. The summed E-state index contributed by atoms with van der Waals surface area (Å²) < 4.78 is 8.01. The van der Waals surface area contributed by atoms with Crippen molar-refractivity contribution in [1.29, 1.82) is 0 Å². The summed E-state index contributed by atoms with van der Waals surface area (Å²) in [6.07, 6.45) is 12.9. The van der Waals surface area contributed by atoms with Crippen molar-refractivity contribution in [1.82, 2.24) is 19.7 Å². The van der Waals surface area contributed by atoms with Gasteiger partial charge in [-0.25, -0.2) is 0 Å². The van der Waals surface area contributed by atoms with Gasteiger partial charge in [0.15, 0.2) is 0 Å². The minimum atomic E-state index is -0.109. The van der Waals surface area contributed by atoms with Gasteiger partial charge in [0.25, 0.3) is 5.56 Å². The standard InChI is InChI=1S/C12H12BrN3O2.C10H16N2/c13-8-5-9-10(14-7-8)6-11(15-12(9)17)16-1-3-18-4-2-16;1-12-8-10(7-11-12)9-5-3-2-4-6-9/h5-7H,1-4H2,(H,15,17);7-9H,2-6H2,1H3. The van der Waals surface area contributed by atoms with Crippen LogP contribution in [-0.2, 0) is 11.8 Å². The number of anilines is 1. The average molecular weight is 474 g/mol. The van der Waals surface area contributed by atoms with Gasteiger partial charge in [-0.15, -0.1) is 0 Å². The van der Waals surface area contributed by atoms with Gasteiger partial charge >= 0.3 is 0 Å². The van der Waals surface area contributed by atoms with Crippen molar-refractivity contribution in [3.63, 3.8) is 0 Å². The molecule has 0 bridgehead atoms. The number of aromatic amines is 1. The van der Waals surface area contributed by atoms with Crippen LogP contribution in [0.5, 0.6) is 0 Å². The number of aryl methyl sites for hydroxylation is 1. The van der Waals surface area contributed by atoms with E-state index in [1.165, 1.54) is 37.7 Å². The maximum absolute atomic E-state index is 12.0. The van der Waals surface area contributed by atoms with Crippen molar-refractivity contribution in [2.24, 2.45) is 7.05 Å². The summed E-state index contributed by atoms with van der Waals surface area (Å²) in [7, 11) is 1.99. The number of hydrogen-bond acceptors (Lipinski definition) is 5. The largest absolute Gasteiger partial charge is 0.378 e. The fourth-order valence-electron chi connectivity index (χ4n) is 4.16. The molecule has 0 unspecified atom stereocenters. The summed E-state index contributed by atoms with van der Waals surface area (Å²) in [6.45, 7) is 2.96. The van der Waals surface area contributed by atoms with E-state index in [2.05, 4.69) is 42.1 Å². The molecule has 30 heavy (non-hydrogen) atoms. The number of pyridine rings is 2. The average Bonchev–Trinajstić information content (AvgIpc) is 3.22. The maximum Gasteiger partial charge on any atom is 0.258 e. The number of rotatable bonds is 2. The highest BCUT2D eigenvalue weighted by atomic mass is 79.9. The van der Waals surface area contributed by atoms with Crippen molar-refractivity contribution in [3.8, 4) is 0 Å². The number of hydrogen-bond donors (Lipinski definition) is 1. The molecule has 0 amide bonds. The van der Waals surface area contributed by atoms with Crippen LogP contribution in [0.25, 0.3) is 10.9 Å². The Morgan fingerprint density at radius 3 is 2.60 bits per heavy atom. The zero-order valence-electron chi connectivity index (χ0n) is 17.3. The highest BCUT2D eigenvalue weighted by Crippen LogP contribution is 2.31. The molecule has 1 aliphatic heterocycles. The monoisotopic (exact) mass is 473 g/mol. The van der Waals surface area contributed by atoms with E-state index in [1.54, 1.807) is 12.3 Å². The van der Waals surface area contributed by atoms with Crippen LogP contribution in [0, 0.1) is 0 Å². The molecule has 7 nitrogen and oxygen atoms in total. The Balaban J connectivity index is 0.000000158. The third-order valence-electron chi connectivity index (χ3n) is 5.80. The second-order valence-electron chi connectivity index (χ2n) is 7.95. The lowest BCUT2D eigenvalue weighted by atomic mass is 9.86. The molecule has 3 aromatic heterocycles. The van der Waals surface area contributed by atoms with E-state index >= 15 is 0 Å². The van der Waals surface area contributed by atoms with Crippen molar-refractivity contribution in [2.45, 2.75) is 38.0 Å². The van der Waals surface area contributed by atoms with Crippen LogP contribution in [0.15, 0.2) is 40.0 Å². The van der Waals surface area contributed by atoms with Gasteiger partial charge in [0.1, 0.15) is 5.82 Å². The van der Waals surface area contributed by atoms with E-state index in [-0.39, 0.29) is 5.56 Å². The van der Waals surface area contributed by atoms with Gasteiger partial charge in [0, 0.05) is 43.1 Å². The topological polar surface area (TPSA) is 76.0 Å². The Hall–Kier alpha value is -2.19. The summed E-state index contributed by atoms with van der Waals surface area (Å²) in [5.41, 5.74) is 2.04. The highest BCUT2D eigenvalue weighted by Gasteiger charge is 2.16. The number of ether oxygens (including phenoxy) is 1. The van der Waals surface area contributed by atoms with Crippen LogP contribution in [0.1, 0.15) is 43.6 Å². The van der Waals surface area contributed by atoms with Crippen LogP contribution in [0.2, 0.25) is 0 Å². The Morgan fingerprint density at radius 1 is 1.13 bits per heavy atom. The molecule has 0 atom stereocenters. The maximum atomic E-state index is 12.0. The molecule has 4 heterocycles. The molecule has 5 rings (SSSR count). The van der Waals surface area contributed by atoms with Crippen LogP contribution >= 0.6 is 15.9 Å². The number of fused-ring (bicyclic) bond motifs is 1. The molecule has 1 saturated heterocycles. The summed E-state index contributed by atoms with van der Waals surface area (Å²) in [5.74, 6) is 1.61. The molecular weight excluding hydrogens is 446 g/mol. The first-order valence-electron chi connectivity index (χ1n) is 10.6. The quantitative estimate of drug-likeness (QED) is 0.608. The van der Waals surface area contributed by atoms with E-state index < -0.39 is 0 Å². The summed E-state index contributed by atoms with van der Waals surface area (Å²) in [6, 6.07) is 3.69. The van der Waals surface area contributed by atoms with Gasteiger partial charge in [0.2, 0.25) is 0 Å². The molecule has 2 fully saturated rings. The number of nitrogens with one attached hydrogen (secondary N) is 1. The van der Waals surface area contributed by atoms with Crippen LogP contribution in [-0.4, -0.2) is 46.1 Å². The molecule has 1 saturated carbocycles. The normalized spacial score (nSPS) is 17.6. The van der Waals surface area contributed by atoms with Gasteiger partial charge in [-0.05, 0) is 46.3 Å². The number of H-pyrrole nitrogens is 1. The van der Waals surface area contributed by atoms with Gasteiger partial charge < -0.3 is 14.6 Å². The molecule has 0 aromatic carbocycles. The number of halogens is 1. The van der Waals surface area contributed by atoms with Crippen molar-refractivity contribution in [2.75, 3.05) is 31.2 Å². The molecular formula is C22H28BrN5O2. The van der Waals surface area contributed by atoms with Crippen molar-refractivity contribution < 1.29 is 4.74 Å². The Labute approximate surface area is 184 Å². The van der Waals surface area contributed by atoms with E-state index in [9.17, 15) is 4.79 Å². The second kappa shape index (κ2) is 9.75. The van der Waals surface area contributed by atoms with Crippen molar-refractivity contribution >= 4 is 32.7 Å². The Kier molecular flexibility index (Phi) is 6.84. The van der Waals surface area contributed by atoms with Crippen LogP contribution in [0.4, 0.5) is 5.82 Å². The fourth-order valence-corrected chi connectivity index (χ4v) is 4.49. The summed E-state index contributed by atoms with van der Waals surface area (Å²) in [5, 5.41) is 4.81. The molecule has 1 aliphatic carbocycles. The zero-order valence-corrected chi connectivity index (χ0v) is 18.9. The lowest BCUT2D eigenvalue weighted by molar-refractivity contribution is 0.122. The molecule has 3 aromatic rings. The minimum Gasteiger partial charge on any atom is -0.378 e. The predicted molar refractivity (Wildman–Crippen MR) is 122 cm³/mol. The Bertz CT molecular complexity index is 1040. The van der Waals surface area contributed by atoms with Crippen molar-refractivity contribution in [3.05, 3.63) is 51.1 Å². The SMILES string of the molecule is Cn1cc(C2CCCCC2)cn1.O=c1[nH]c(N2CCOCC2)cc2ncc(Br)cc12. The third-order valence-corrected chi connectivity index (χ3v) is 6.23. The van der Waals surface area contributed by atoms with E-state index in [1.807, 2.05) is 24.0 Å². The number of nitrogens with zero attached hydrogens (tertiary/aromatic N) is 4. The minimum absolute atomic E-state index is 0.109. The van der Waals surface area contributed by atoms with Gasteiger partial charge in [-0.3, -0.25) is 14.5 Å². The first-order chi connectivity index (χ1) is 14.6. The van der Waals surface area contributed by atoms with E-state index in [0.717, 1.165) is 29.3 Å². The lowest BCUT2D eigenvalue weighted by Gasteiger charge is -2.28. The zero-order chi connectivity index (χ0) is 20.9. The molecule has 2 aliphatic rings. The predicted octanol–water partition coefficient (Wildman–Crippen LogP) is 3.99. The molecule has 8 heteroatoms. The summed E-state index contributed by atoms with van der Waals surface area (Å²) >= 11 is 3.32. The summed E-state index contributed by atoms with van der Waals surface area (Å²) in [4.78, 5) is 21.3. The smallest absolute Gasteiger partial charge is 0.258 e. The van der Waals surface area contributed by atoms with Crippen LogP contribution < -0.4 is 10.5 Å². The third kappa shape index (κ3) is 5.10. The molecule has 0 spiro atoms. The van der Waals surface area contributed by atoms with Crippen LogP contribution in [0.3, 0.4) is 0 Å². The molecule has 160 valence electrons. The number of morpholine rings is 1. The van der Waals surface area contributed by atoms with Gasteiger partial charge in [-0.2, -0.15) is 5.10 Å².